The number of halogens is 1. The Morgan fingerprint density at radius 1 is 1.33 bits per heavy atom. The Morgan fingerprint density at radius 2 is 2.05 bits per heavy atom. The Bertz CT molecular complexity index is 639. The molecule has 1 heterocycles. The zero-order valence-electron chi connectivity index (χ0n) is 11.7. The van der Waals surface area contributed by atoms with Crippen molar-refractivity contribution in [1.29, 1.82) is 5.26 Å². The number of anilines is 1. The number of amides is 2. The normalized spacial score (nSPS) is 15.1. The number of rotatable bonds is 3. The van der Waals surface area contributed by atoms with Crippen LogP contribution in [0.15, 0.2) is 12.1 Å². The second-order valence-corrected chi connectivity index (χ2v) is 5.02. The maximum Gasteiger partial charge on any atom is 0.316 e. The lowest BCUT2D eigenvalue weighted by atomic mass is 10.1. The highest BCUT2D eigenvalue weighted by Crippen LogP contribution is 2.34. The topological polar surface area (TPSA) is 73.6 Å². The summed E-state index contributed by atoms with van der Waals surface area (Å²) in [7, 11) is 1.47. The van der Waals surface area contributed by atoms with Gasteiger partial charge in [0.2, 0.25) is 0 Å². The van der Waals surface area contributed by atoms with Gasteiger partial charge in [0.25, 0.3) is 0 Å². The second kappa shape index (κ2) is 6.02. The van der Waals surface area contributed by atoms with Crippen LogP contribution in [-0.2, 0) is 9.59 Å². The number of hydrogen-bond acceptors (Lipinski definition) is 4. The van der Waals surface area contributed by atoms with Crippen LogP contribution in [0.25, 0.3) is 0 Å². The van der Waals surface area contributed by atoms with E-state index in [1.807, 2.05) is 13.0 Å². The molecule has 1 aromatic rings. The summed E-state index contributed by atoms with van der Waals surface area (Å²) >= 11 is 6.04. The molecule has 0 aromatic heterocycles. The molecular formula is C14H14ClN3O3. The lowest BCUT2D eigenvalue weighted by molar-refractivity contribution is -0.145. The molecule has 110 valence electrons. The summed E-state index contributed by atoms with van der Waals surface area (Å²) in [5.74, 6) is -0.922. The second-order valence-electron chi connectivity index (χ2n) is 4.61. The van der Waals surface area contributed by atoms with Crippen molar-refractivity contribution in [3.63, 3.8) is 0 Å². The van der Waals surface area contributed by atoms with E-state index in [0.717, 1.165) is 5.56 Å². The average molecular weight is 308 g/mol. The zero-order valence-corrected chi connectivity index (χ0v) is 12.5. The summed E-state index contributed by atoms with van der Waals surface area (Å²) in [5, 5.41) is 9.18. The molecule has 0 bridgehead atoms. The summed E-state index contributed by atoms with van der Waals surface area (Å²) in [6.45, 7) is 2.34. The fourth-order valence-electron chi connectivity index (χ4n) is 2.16. The maximum atomic E-state index is 12.2. The zero-order chi connectivity index (χ0) is 15.6. The largest absolute Gasteiger partial charge is 0.495 e. The van der Waals surface area contributed by atoms with Crippen LogP contribution in [0.3, 0.4) is 0 Å². The fraction of sp³-hybridized carbons (Fsp3) is 0.357. The van der Waals surface area contributed by atoms with Crippen LogP contribution in [0.4, 0.5) is 5.69 Å². The first-order valence-electron chi connectivity index (χ1n) is 6.31. The van der Waals surface area contributed by atoms with Gasteiger partial charge in [-0.25, -0.2) is 0 Å². The number of ether oxygens (including phenoxy) is 1. The molecule has 0 saturated carbocycles. The summed E-state index contributed by atoms with van der Waals surface area (Å²) in [5.41, 5.74) is 1.29. The Kier molecular flexibility index (Phi) is 4.34. The molecule has 21 heavy (non-hydrogen) atoms. The molecule has 0 unspecified atom stereocenters. The molecule has 0 radical (unpaired) electrons. The first kappa shape index (κ1) is 15.1. The van der Waals surface area contributed by atoms with Crippen molar-refractivity contribution in [2.24, 2.45) is 0 Å². The van der Waals surface area contributed by atoms with Gasteiger partial charge in [-0.05, 0) is 18.6 Å². The first-order valence-corrected chi connectivity index (χ1v) is 6.69. The molecule has 0 N–H and O–H groups in total. The van der Waals surface area contributed by atoms with Crippen molar-refractivity contribution in [1.82, 2.24) is 4.90 Å². The van der Waals surface area contributed by atoms with Gasteiger partial charge in [-0.3, -0.25) is 14.5 Å². The molecule has 1 aromatic carbocycles. The van der Waals surface area contributed by atoms with E-state index in [2.05, 4.69) is 0 Å². The van der Waals surface area contributed by atoms with Crippen molar-refractivity contribution >= 4 is 29.1 Å². The first-order chi connectivity index (χ1) is 9.99. The number of aryl methyl sites for hydroxylation is 1. The maximum absolute atomic E-state index is 12.2. The van der Waals surface area contributed by atoms with E-state index in [1.54, 1.807) is 12.1 Å². The van der Waals surface area contributed by atoms with Crippen molar-refractivity contribution in [3.8, 4) is 11.8 Å². The molecule has 0 spiro atoms. The third-order valence-corrected chi connectivity index (χ3v) is 3.73. The average Bonchev–Trinajstić information content (AvgIpc) is 2.47. The lowest BCUT2D eigenvalue weighted by Gasteiger charge is -2.33. The third kappa shape index (κ3) is 2.78. The number of carbonyl (C=O) groups is 2. The van der Waals surface area contributed by atoms with Crippen molar-refractivity contribution < 1.29 is 14.3 Å². The van der Waals surface area contributed by atoms with Crippen LogP contribution in [-0.4, -0.2) is 43.5 Å². The van der Waals surface area contributed by atoms with E-state index in [0.29, 0.717) is 29.5 Å². The molecule has 0 atom stereocenters. The quantitative estimate of drug-likeness (QED) is 0.624. The van der Waals surface area contributed by atoms with Crippen LogP contribution in [0, 0.1) is 18.3 Å². The third-order valence-electron chi connectivity index (χ3n) is 3.32. The van der Waals surface area contributed by atoms with Gasteiger partial charge < -0.3 is 9.64 Å². The van der Waals surface area contributed by atoms with Gasteiger partial charge in [0.15, 0.2) is 0 Å². The summed E-state index contributed by atoms with van der Waals surface area (Å²) in [4.78, 5) is 26.8. The Labute approximate surface area is 127 Å². The van der Waals surface area contributed by atoms with Crippen LogP contribution < -0.4 is 9.64 Å². The van der Waals surface area contributed by atoms with Gasteiger partial charge in [-0.2, -0.15) is 5.26 Å². The molecule has 1 fully saturated rings. The Balaban J connectivity index is 2.36. The van der Waals surface area contributed by atoms with E-state index in [-0.39, 0.29) is 6.54 Å². The molecule has 1 saturated heterocycles. The number of methoxy groups -OCH3 is 1. The predicted molar refractivity (Wildman–Crippen MR) is 77.3 cm³/mol. The van der Waals surface area contributed by atoms with E-state index < -0.39 is 11.8 Å². The molecule has 6 nitrogen and oxygen atoms in total. The molecule has 2 rings (SSSR count). The monoisotopic (exact) mass is 307 g/mol. The van der Waals surface area contributed by atoms with Crippen molar-refractivity contribution in [2.45, 2.75) is 6.92 Å². The van der Waals surface area contributed by atoms with Crippen LogP contribution >= 0.6 is 11.6 Å². The summed E-state index contributed by atoms with van der Waals surface area (Å²) in [6.07, 6.45) is 0. The van der Waals surface area contributed by atoms with Crippen molar-refractivity contribution in [2.75, 3.05) is 31.6 Å². The van der Waals surface area contributed by atoms with Crippen LogP contribution in [0.2, 0.25) is 5.02 Å². The standard InChI is InChI=1S/C14H14ClN3O3/c1-9-7-11(12(21-2)8-10(9)15)18-6-5-17(4-3-16)13(19)14(18)20/h7-8H,4-6H2,1-2H3. The highest BCUT2D eigenvalue weighted by molar-refractivity contribution is 6.41. The van der Waals surface area contributed by atoms with Gasteiger partial charge in [0.1, 0.15) is 12.3 Å². The minimum absolute atomic E-state index is 0.0881. The number of benzene rings is 1. The van der Waals surface area contributed by atoms with E-state index in [9.17, 15) is 9.59 Å². The fourth-order valence-corrected chi connectivity index (χ4v) is 2.32. The molecule has 7 heteroatoms. The highest BCUT2D eigenvalue weighted by Gasteiger charge is 2.34. The van der Waals surface area contributed by atoms with Gasteiger partial charge in [0.05, 0.1) is 18.9 Å². The van der Waals surface area contributed by atoms with Crippen molar-refractivity contribution in [3.05, 3.63) is 22.7 Å². The molecule has 2 amide bonds. The van der Waals surface area contributed by atoms with Gasteiger partial charge in [-0.15, -0.1) is 0 Å². The molecule has 0 aliphatic carbocycles. The number of hydrogen-bond donors (Lipinski definition) is 0. The SMILES string of the molecule is COc1cc(Cl)c(C)cc1N1CCN(CC#N)C(=O)C1=O. The Morgan fingerprint density at radius 3 is 2.67 bits per heavy atom. The summed E-state index contributed by atoms with van der Waals surface area (Å²) in [6, 6.07) is 5.21. The summed E-state index contributed by atoms with van der Waals surface area (Å²) < 4.78 is 5.24. The van der Waals surface area contributed by atoms with Gasteiger partial charge in [0, 0.05) is 24.2 Å². The molecule has 1 aliphatic rings. The molecular weight excluding hydrogens is 294 g/mol. The number of carbonyl (C=O) groups excluding carboxylic acids is 2. The number of nitrogens with zero attached hydrogens (tertiary/aromatic N) is 3. The Hall–Kier alpha value is -2.26. The smallest absolute Gasteiger partial charge is 0.316 e. The minimum Gasteiger partial charge on any atom is -0.495 e. The number of nitriles is 1. The molecule has 1 aliphatic heterocycles. The predicted octanol–water partition coefficient (Wildman–Crippen LogP) is 1.36. The minimum atomic E-state index is -0.683. The van der Waals surface area contributed by atoms with Crippen LogP contribution in [0.5, 0.6) is 5.75 Å². The van der Waals surface area contributed by atoms with Gasteiger partial charge in [-0.1, -0.05) is 11.6 Å². The van der Waals surface area contributed by atoms with E-state index in [4.69, 9.17) is 21.6 Å². The lowest BCUT2D eigenvalue weighted by Crippen LogP contribution is -2.54. The van der Waals surface area contributed by atoms with E-state index >= 15 is 0 Å². The van der Waals surface area contributed by atoms with Crippen LogP contribution in [0.1, 0.15) is 5.56 Å². The number of piperazine rings is 1. The van der Waals surface area contributed by atoms with E-state index in [1.165, 1.54) is 16.9 Å². The van der Waals surface area contributed by atoms with Gasteiger partial charge >= 0.3 is 11.8 Å². The highest BCUT2D eigenvalue weighted by atomic mass is 35.5.